The Bertz CT molecular complexity index is 559. The van der Waals surface area contributed by atoms with Crippen LogP contribution in [0.2, 0.25) is 0 Å². The van der Waals surface area contributed by atoms with Crippen LogP contribution >= 0.6 is 0 Å². The number of methoxy groups -OCH3 is 1. The van der Waals surface area contributed by atoms with E-state index in [1.54, 1.807) is 19.5 Å². The van der Waals surface area contributed by atoms with E-state index in [9.17, 15) is 4.79 Å². The fraction of sp³-hybridized carbons (Fsp3) is 0.562. The third-order valence-electron chi connectivity index (χ3n) is 3.70. The van der Waals surface area contributed by atoms with E-state index in [0.29, 0.717) is 31.9 Å². The minimum absolute atomic E-state index is 0.0514. The zero-order valence-corrected chi connectivity index (χ0v) is 13.3. The van der Waals surface area contributed by atoms with Gasteiger partial charge >= 0.3 is 0 Å². The highest BCUT2D eigenvalue weighted by Crippen LogP contribution is 2.21. The monoisotopic (exact) mass is 318 g/mol. The van der Waals surface area contributed by atoms with Crippen LogP contribution in [0.5, 0.6) is 5.75 Å². The van der Waals surface area contributed by atoms with Gasteiger partial charge in [-0.25, -0.2) is 0 Å². The van der Waals surface area contributed by atoms with Crippen LogP contribution in [-0.2, 0) is 16.1 Å². The quantitative estimate of drug-likeness (QED) is 0.710. The summed E-state index contributed by atoms with van der Waals surface area (Å²) in [7, 11) is 1.57. The highest BCUT2D eigenvalue weighted by atomic mass is 16.5. The molecule has 0 unspecified atom stereocenters. The fourth-order valence-electron chi connectivity index (χ4n) is 2.45. The Balaban J connectivity index is 1.88. The van der Waals surface area contributed by atoms with Gasteiger partial charge < -0.3 is 14.8 Å². The van der Waals surface area contributed by atoms with E-state index in [-0.39, 0.29) is 12.0 Å². The van der Waals surface area contributed by atoms with E-state index in [2.05, 4.69) is 21.3 Å². The van der Waals surface area contributed by atoms with Gasteiger partial charge in [-0.1, -0.05) is 0 Å². The van der Waals surface area contributed by atoms with E-state index in [0.717, 1.165) is 25.1 Å². The summed E-state index contributed by atoms with van der Waals surface area (Å²) in [6.07, 6.45) is 4.62. The number of hydrogen-bond acceptors (Lipinski definition) is 6. The van der Waals surface area contributed by atoms with Crippen LogP contribution in [0.25, 0.3) is 0 Å². The van der Waals surface area contributed by atoms with E-state index < -0.39 is 0 Å². The van der Waals surface area contributed by atoms with E-state index in [4.69, 9.17) is 14.7 Å². The molecule has 1 N–H and O–H groups in total. The number of pyridine rings is 1. The second-order valence-electron chi connectivity index (χ2n) is 5.42. The number of hydrogen-bond donors (Lipinski definition) is 1. The van der Waals surface area contributed by atoms with Gasteiger partial charge in [-0.15, -0.1) is 0 Å². The first-order valence-corrected chi connectivity index (χ1v) is 7.67. The molecule has 23 heavy (non-hydrogen) atoms. The molecular formula is C16H22N4O3. The predicted octanol–water partition coefficient (Wildman–Crippen LogP) is 0.711. The van der Waals surface area contributed by atoms with Crippen molar-refractivity contribution in [1.29, 1.82) is 5.26 Å². The molecule has 7 heteroatoms. The van der Waals surface area contributed by atoms with Crippen molar-refractivity contribution in [1.82, 2.24) is 15.2 Å². The first kappa shape index (κ1) is 17.2. The minimum Gasteiger partial charge on any atom is -0.487 e. The Morgan fingerprint density at radius 2 is 2.48 bits per heavy atom. The van der Waals surface area contributed by atoms with Crippen LogP contribution < -0.4 is 10.1 Å². The molecule has 1 atom stereocenters. The van der Waals surface area contributed by atoms with E-state index in [1.165, 1.54) is 0 Å². The standard InChI is InChI=1S/C16H22N4O3/c1-22-9-4-16(21)19-10-13-2-6-18-11-15(13)23-14-3-7-20(12-14)8-5-17/h2,6,11,14H,3-4,7-10,12H2,1H3,(H,19,21)/t14-/m0/s1. The molecule has 7 nitrogen and oxygen atoms in total. The molecule has 2 heterocycles. The lowest BCUT2D eigenvalue weighted by molar-refractivity contribution is -0.122. The number of nitrogens with zero attached hydrogens (tertiary/aromatic N) is 3. The average Bonchev–Trinajstić information content (AvgIpc) is 2.99. The Morgan fingerprint density at radius 3 is 3.26 bits per heavy atom. The summed E-state index contributed by atoms with van der Waals surface area (Å²) in [6.45, 7) is 2.83. The van der Waals surface area contributed by atoms with Crippen LogP contribution in [0, 0.1) is 11.3 Å². The van der Waals surface area contributed by atoms with Crippen molar-refractivity contribution in [2.45, 2.75) is 25.5 Å². The molecule has 1 fully saturated rings. The molecule has 0 bridgehead atoms. The zero-order valence-electron chi connectivity index (χ0n) is 13.3. The summed E-state index contributed by atoms with van der Waals surface area (Å²) < 4.78 is 10.9. The number of likely N-dealkylation sites (tertiary alicyclic amines) is 1. The topological polar surface area (TPSA) is 87.5 Å². The zero-order chi connectivity index (χ0) is 16.5. The van der Waals surface area contributed by atoms with E-state index >= 15 is 0 Å². The highest BCUT2D eigenvalue weighted by Gasteiger charge is 2.24. The van der Waals surface area contributed by atoms with Gasteiger partial charge in [0.25, 0.3) is 0 Å². The van der Waals surface area contributed by atoms with E-state index in [1.807, 2.05) is 6.07 Å². The summed E-state index contributed by atoms with van der Waals surface area (Å²) in [6, 6.07) is 4.00. The van der Waals surface area contributed by atoms with Crippen LogP contribution in [0.4, 0.5) is 0 Å². The molecule has 1 aliphatic rings. The molecule has 0 saturated carbocycles. The van der Waals surface area contributed by atoms with Crippen LogP contribution in [0.1, 0.15) is 18.4 Å². The smallest absolute Gasteiger partial charge is 0.222 e. The van der Waals surface area contributed by atoms with Gasteiger partial charge in [-0.3, -0.25) is 14.7 Å². The molecule has 0 aromatic carbocycles. The molecule has 1 aromatic rings. The maximum Gasteiger partial charge on any atom is 0.222 e. The first-order chi connectivity index (χ1) is 11.2. The molecule has 0 radical (unpaired) electrons. The molecule has 0 spiro atoms. The fourth-order valence-corrected chi connectivity index (χ4v) is 2.45. The lowest BCUT2D eigenvalue weighted by atomic mass is 10.2. The number of carbonyl (C=O) groups excluding carboxylic acids is 1. The van der Waals surface area contributed by atoms with Gasteiger partial charge in [-0.2, -0.15) is 5.26 Å². The van der Waals surface area contributed by atoms with Crippen molar-refractivity contribution in [3.63, 3.8) is 0 Å². The maximum absolute atomic E-state index is 11.7. The summed E-state index contributed by atoms with van der Waals surface area (Å²) in [4.78, 5) is 17.8. The third kappa shape index (κ3) is 5.51. The molecule has 1 aliphatic heterocycles. The Morgan fingerprint density at radius 1 is 1.61 bits per heavy atom. The number of amides is 1. The van der Waals surface area contributed by atoms with Crippen molar-refractivity contribution in [2.75, 3.05) is 33.4 Å². The Hall–Kier alpha value is -2.17. The van der Waals surface area contributed by atoms with Crippen molar-refractivity contribution in [3.05, 3.63) is 24.0 Å². The average molecular weight is 318 g/mol. The second kappa shape index (κ2) is 9.08. The van der Waals surface area contributed by atoms with Gasteiger partial charge in [0.05, 0.1) is 25.4 Å². The summed E-state index contributed by atoms with van der Waals surface area (Å²) >= 11 is 0. The second-order valence-corrected chi connectivity index (χ2v) is 5.42. The van der Waals surface area contributed by atoms with Crippen molar-refractivity contribution in [3.8, 4) is 11.8 Å². The first-order valence-electron chi connectivity index (χ1n) is 7.67. The van der Waals surface area contributed by atoms with Crippen LogP contribution in [-0.4, -0.2) is 55.2 Å². The predicted molar refractivity (Wildman–Crippen MR) is 83.7 cm³/mol. The number of carbonyl (C=O) groups is 1. The minimum atomic E-state index is -0.0596. The normalized spacial score (nSPS) is 17.7. The summed E-state index contributed by atoms with van der Waals surface area (Å²) in [5.41, 5.74) is 0.893. The highest BCUT2D eigenvalue weighted by molar-refractivity contribution is 5.76. The maximum atomic E-state index is 11.7. The largest absolute Gasteiger partial charge is 0.487 e. The summed E-state index contributed by atoms with van der Waals surface area (Å²) in [5.74, 6) is 0.624. The third-order valence-corrected chi connectivity index (χ3v) is 3.70. The molecule has 1 aromatic heterocycles. The van der Waals surface area contributed by atoms with Gasteiger partial charge in [0.1, 0.15) is 11.9 Å². The Labute approximate surface area is 136 Å². The summed E-state index contributed by atoms with van der Waals surface area (Å²) in [5, 5.41) is 11.6. The molecule has 2 rings (SSSR count). The van der Waals surface area contributed by atoms with Gasteiger partial charge in [-0.05, 0) is 12.5 Å². The number of ether oxygens (including phenoxy) is 2. The van der Waals surface area contributed by atoms with Crippen molar-refractivity contribution in [2.24, 2.45) is 0 Å². The molecule has 1 saturated heterocycles. The molecular weight excluding hydrogens is 296 g/mol. The van der Waals surface area contributed by atoms with Crippen LogP contribution in [0.3, 0.4) is 0 Å². The number of rotatable bonds is 8. The van der Waals surface area contributed by atoms with Crippen molar-refractivity contribution >= 4 is 5.91 Å². The number of aromatic nitrogens is 1. The lowest BCUT2D eigenvalue weighted by Crippen LogP contribution is -2.26. The SMILES string of the molecule is COCCC(=O)NCc1ccncc1O[C@H]1CCN(CC#N)C1. The number of nitrogens with one attached hydrogen (secondary N) is 1. The van der Waals surface area contributed by atoms with Gasteiger partial charge in [0.15, 0.2) is 0 Å². The van der Waals surface area contributed by atoms with Gasteiger partial charge in [0.2, 0.25) is 5.91 Å². The van der Waals surface area contributed by atoms with Crippen LogP contribution in [0.15, 0.2) is 18.5 Å². The van der Waals surface area contributed by atoms with Gasteiger partial charge in [0, 0.05) is 44.9 Å². The lowest BCUT2D eigenvalue weighted by Gasteiger charge is -2.17. The molecule has 124 valence electrons. The molecule has 0 aliphatic carbocycles. The Kier molecular flexibility index (Phi) is 6.78. The number of nitriles is 1. The molecule has 1 amide bonds. The van der Waals surface area contributed by atoms with Crippen molar-refractivity contribution < 1.29 is 14.3 Å².